The molecule has 3 N–H and O–H groups in total. The van der Waals surface area contributed by atoms with Crippen LogP contribution < -0.4 is 16.5 Å². The number of anilines is 1. The largest absolute Gasteiger partial charge is 0.388 e. The lowest BCUT2D eigenvalue weighted by Gasteiger charge is -2.10. The maximum Gasteiger partial charge on any atom is 0.253 e. The van der Waals surface area contributed by atoms with Gasteiger partial charge >= 0.3 is 0 Å². The minimum Gasteiger partial charge on any atom is -0.388 e. The summed E-state index contributed by atoms with van der Waals surface area (Å²) in [5, 5.41) is 2.75. The molecule has 0 aliphatic rings. The summed E-state index contributed by atoms with van der Waals surface area (Å²) in [6.07, 6.45) is 0. The number of nitrogens with one attached hydrogen (secondary N) is 1. The van der Waals surface area contributed by atoms with E-state index < -0.39 is 11.7 Å². The highest BCUT2D eigenvalue weighted by Crippen LogP contribution is 2.14. The molecular formula is C8H10BFN2O. The standard InChI is InChI=1S/C8H10BFN2O/c1-12-7-4(9)2-3-5(10)6(7)8(11)13/h2-3,12H,9H2,1H3,(H2,11,13). The first-order valence-electron chi connectivity index (χ1n) is 3.84. The molecule has 68 valence electrons. The topological polar surface area (TPSA) is 55.1 Å². The Morgan fingerprint density at radius 1 is 1.62 bits per heavy atom. The smallest absolute Gasteiger partial charge is 0.253 e. The van der Waals surface area contributed by atoms with E-state index >= 15 is 0 Å². The molecule has 0 aromatic heterocycles. The van der Waals surface area contributed by atoms with Gasteiger partial charge in [-0.05, 0) is 6.07 Å². The summed E-state index contributed by atoms with van der Waals surface area (Å²) in [4.78, 5) is 10.9. The van der Waals surface area contributed by atoms with Gasteiger partial charge in [0.2, 0.25) is 0 Å². The van der Waals surface area contributed by atoms with Crippen molar-refractivity contribution < 1.29 is 9.18 Å². The number of primary amides is 1. The predicted molar refractivity (Wildman–Crippen MR) is 52.6 cm³/mol. The average Bonchev–Trinajstić information content (AvgIpc) is 2.07. The van der Waals surface area contributed by atoms with Crippen molar-refractivity contribution in [3.63, 3.8) is 0 Å². The second kappa shape index (κ2) is 3.47. The Morgan fingerprint density at radius 2 is 2.23 bits per heavy atom. The number of amides is 1. The molecule has 0 saturated heterocycles. The second-order valence-electron chi connectivity index (χ2n) is 2.73. The van der Waals surface area contributed by atoms with Gasteiger partial charge in [0.1, 0.15) is 13.7 Å². The van der Waals surface area contributed by atoms with E-state index in [1.807, 2.05) is 0 Å². The molecule has 1 aromatic carbocycles. The average molecular weight is 180 g/mol. The first kappa shape index (κ1) is 9.57. The first-order valence-corrected chi connectivity index (χ1v) is 3.84. The van der Waals surface area contributed by atoms with Crippen LogP contribution in [0.5, 0.6) is 0 Å². The lowest BCUT2D eigenvalue weighted by atomic mass is 9.91. The quantitative estimate of drug-likeness (QED) is 0.587. The Balaban J connectivity index is 3.43. The second-order valence-corrected chi connectivity index (χ2v) is 2.73. The van der Waals surface area contributed by atoms with Crippen LogP contribution in [0.1, 0.15) is 10.4 Å². The Morgan fingerprint density at radius 3 is 2.62 bits per heavy atom. The van der Waals surface area contributed by atoms with Gasteiger partial charge in [-0.15, -0.1) is 0 Å². The summed E-state index contributed by atoms with van der Waals surface area (Å²) in [7, 11) is 3.39. The van der Waals surface area contributed by atoms with Gasteiger partial charge < -0.3 is 11.1 Å². The van der Waals surface area contributed by atoms with Crippen molar-refractivity contribution in [2.45, 2.75) is 0 Å². The molecule has 0 aliphatic heterocycles. The number of hydrogen-bond donors (Lipinski definition) is 2. The lowest BCUT2D eigenvalue weighted by molar-refractivity contribution is 0.0997. The van der Waals surface area contributed by atoms with Crippen LogP contribution in [0, 0.1) is 5.82 Å². The molecule has 1 amide bonds. The van der Waals surface area contributed by atoms with E-state index in [2.05, 4.69) is 5.32 Å². The van der Waals surface area contributed by atoms with E-state index in [0.717, 1.165) is 5.46 Å². The van der Waals surface area contributed by atoms with Crippen molar-refractivity contribution in [3.8, 4) is 0 Å². The first-order chi connectivity index (χ1) is 6.07. The summed E-state index contributed by atoms with van der Waals surface area (Å²) in [5.74, 6) is -1.35. The zero-order valence-electron chi connectivity index (χ0n) is 7.52. The minimum absolute atomic E-state index is 0.0810. The molecule has 0 aliphatic carbocycles. The van der Waals surface area contributed by atoms with Crippen LogP contribution in [-0.4, -0.2) is 20.8 Å². The number of rotatable bonds is 2. The Hall–Kier alpha value is -1.52. The van der Waals surface area contributed by atoms with Crippen LogP contribution in [-0.2, 0) is 0 Å². The van der Waals surface area contributed by atoms with E-state index in [0.29, 0.717) is 5.69 Å². The van der Waals surface area contributed by atoms with Gasteiger partial charge in [-0.1, -0.05) is 11.5 Å². The van der Waals surface area contributed by atoms with Crippen molar-refractivity contribution in [1.29, 1.82) is 0 Å². The van der Waals surface area contributed by atoms with Crippen molar-refractivity contribution >= 4 is 24.9 Å². The molecule has 0 radical (unpaired) electrons. The predicted octanol–water partition coefficient (Wildman–Crippen LogP) is -0.775. The number of carbonyl (C=O) groups excluding carboxylic acids is 1. The van der Waals surface area contributed by atoms with Gasteiger partial charge in [-0.2, -0.15) is 0 Å². The van der Waals surface area contributed by atoms with Gasteiger partial charge in [-0.3, -0.25) is 4.79 Å². The van der Waals surface area contributed by atoms with Crippen LogP contribution >= 0.6 is 0 Å². The number of carbonyl (C=O) groups is 1. The molecule has 1 rings (SSSR count). The molecule has 0 unspecified atom stereocenters. The summed E-state index contributed by atoms with van der Waals surface area (Å²) in [6.45, 7) is 0. The highest BCUT2D eigenvalue weighted by Gasteiger charge is 2.14. The van der Waals surface area contributed by atoms with Crippen LogP contribution in [0.15, 0.2) is 12.1 Å². The number of hydrogen-bond acceptors (Lipinski definition) is 2. The zero-order chi connectivity index (χ0) is 10.0. The molecule has 0 atom stereocenters. The molecule has 3 nitrogen and oxygen atoms in total. The van der Waals surface area contributed by atoms with E-state index in [9.17, 15) is 9.18 Å². The highest BCUT2D eigenvalue weighted by atomic mass is 19.1. The van der Waals surface area contributed by atoms with Crippen LogP contribution in [0.4, 0.5) is 10.1 Å². The van der Waals surface area contributed by atoms with Crippen molar-refractivity contribution in [2.75, 3.05) is 12.4 Å². The number of halogens is 1. The molecule has 13 heavy (non-hydrogen) atoms. The fraction of sp³-hybridized carbons (Fsp3) is 0.125. The molecule has 0 spiro atoms. The zero-order valence-corrected chi connectivity index (χ0v) is 7.52. The van der Waals surface area contributed by atoms with Crippen LogP contribution in [0.25, 0.3) is 0 Å². The van der Waals surface area contributed by atoms with Crippen molar-refractivity contribution in [3.05, 3.63) is 23.5 Å². The van der Waals surface area contributed by atoms with E-state index in [1.54, 1.807) is 21.0 Å². The maximum absolute atomic E-state index is 13.1. The van der Waals surface area contributed by atoms with Crippen molar-refractivity contribution in [2.24, 2.45) is 5.73 Å². The normalized spacial score (nSPS) is 9.69. The van der Waals surface area contributed by atoms with E-state index in [1.165, 1.54) is 6.07 Å². The Kier molecular flexibility index (Phi) is 2.56. The van der Waals surface area contributed by atoms with Gasteiger partial charge in [0, 0.05) is 12.7 Å². The maximum atomic E-state index is 13.1. The third-order valence-electron chi connectivity index (χ3n) is 1.86. The fourth-order valence-electron chi connectivity index (χ4n) is 1.24. The van der Waals surface area contributed by atoms with Crippen LogP contribution in [0.2, 0.25) is 0 Å². The third kappa shape index (κ3) is 1.64. The fourth-order valence-corrected chi connectivity index (χ4v) is 1.24. The van der Waals surface area contributed by atoms with Crippen molar-refractivity contribution in [1.82, 2.24) is 0 Å². The van der Waals surface area contributed by atoms with E-state index in [4.69, 9.17) is 5.73 Å². The summed E-state index contributed by atoms with van der Waals surface area (Å²) in [5.41, 5.74) is 6.20. The molecular weight excluding hydrogens is 170 g/mol. The monoisotopic (exact) mass is 180 g/mol. The summed E-state index contributed by atoms with van der Waals surface area (Å²) < 4.78 is 13.1. The molecule has 1 aromatic rings. The molecule has 0 saturated carbocycles. The highest BCUT2D eigenvalue weighted by molar-refractivity contribution is 6.36. The Bertz CT molecular complexity index is 354. The minimum atomic E-state index is -0.759. The molecule has 0 fully saturated rings. The van der Waals surface area contributed by atoms with Crippen LogP contribution in [0.3, 0.4) is 0 Å². The number of nitrogens with two attached hydrogens (primary N) is 1. The van der Waals surface area contributed by atoms with Gasteiger partial charge in [0.15, 0.2) is 0 Å². The molecule has 0 bridgehead atoms. The summed E-state index contributed by atoms with van der Waals surface area (Å²) in [6, 6.07) is 2.82. The summed E-state index contributed by atoms with van der Waals surface area (Å²) >= 11 is 0. The van der Waals surface area contributed by atoms with E-state index in [-0.39, 0.29) is 5.56 Å². The molecule has 0 heterocycles. The third-order valence-corrected chi connectivity index (χ3v) is 1.86. The van der Waals surface area contributed by atoms with Gasteiger partial charge in [0.05, 0.1) is 5.56 Å². The number of benzene rings is 1. The van der Waals surface area contributed by atoms with Gasteiger partial charge in [0.25, 0.3) is 5.91 Å². The van der Waals surface area contributed by atoms with Gasteiger partial charge in [-0.25, -0.2) is 4.39 Å². The molecule has 5 heteroatoms. The lowest BCUT2D eigenvalue weighted by Crippen LogP contribution is -2.21. The SMILES string of the molecule is Bc1ccc(F)c(C(N)=O)c1NC. The Labute approximate surface area is 76.5 Å².